The van der Waals surface area contributed by atoms with Crippen molar-refractivity contribution in [1.29, 1.82) is 0 Å². The van der Waals surface area contributed by atoms with E-state index >= 15 is 0 Å². The molecule has 1 aliphatic rings. The van der Waals surface area contributed by atoms with Crippen LogP contribution >= 0.6 is 11.3 Å². The van der Waals surface area contributed by atoms with Crippen molar-refractivity contribution in [1.82, 2.24) is 4.90 Å². The van der Waals surface area contributed by atoms with Gasteiger partial charge in [-0.3, -0.25) is 9.69 Å². The zero-order chi connectivity index (χ0) is 18.1. The minimum Gasteiger partial charge on any atom is -0.481 e. The van der Waals surface area contributed by atoms with Crippen LogP contribution in [0.15, 0.2) is 54.6 Å². The summed E-state index contributed by atoms with van der Waals surface area (Å²) < 4.78 is 15.8. The number of hydrogen-bond acceptors (Lipinski definition) is 3. The van der Waals surface area contributed by atoms with Gasteiger partial charge in [0.05, 0.1) is 12.0 Å². The highest BCUT2D eigenvalue weighted by Gasteiger charge is 2.33. The third kappa shape index (κ3) is 3.24. The smallest absolute Gasteiger partial charge is 0.307 e. The third-order valence-corrected chi connectivity index (χ3v) is 6.25. The number of likely N-dealkylation sites (tertiary alicyclic amines) is 1. The molecule has 2 aromatic carbocycles. The summed E-state index contributed by atoms with van der Waals surface area (Å²) in [5.74, 6) is -1.40. The van der Waals surface area contributed by atoms with Crippen molar-refractivity contribution in [3.63, 3.8) is 0 Å². The summed E-state index contributed by atoms with van der Waals surface area (Å²) in [6, 6.07) is 16.8. The fraction of sp³-hybridized carbons (Fsp3) is 0.286. The summed E-state index contributed by atoms with van der Waals surface area (Å²) in [5, 5.41) is 10.6. The Labute approximate surface area is 155 Å². The van der Waals surface area contributed by atoms with E-state index in [4.69, 9.17) is 0 Å². The molecule has 1 fully saturated rings. The van der Waals surface area contributed by atoms with Crippen molar-refractivity contribution in [3.8, 4) is 0 Å². The highest BCUT2D eigenvalue weighted by atomic mass is 32.1. The van der Waals surface area contributed by atoms with Crippen molar-refractivity contribution in [2.24, 2.45) is 5.92 Å². The van der Waals surface area contributed by atoms with E-state index in [1.165, 1.54) is 6.07 Å². The first-order chi connectivity index (χ1) is 12.6. The zero-order valence-corrected chi connectivity index (χ0v) is 15.1. The molecule has 26 heavy (non-hydrogen) atoms. The van der Waals surface area contributed by atoms with Crippen molar-refractivity contribution in [2.45, 2.75) is 18.9 Å². The van der Waals surface area contributed by atoms with Gasteiger partial charge in [-0.2, -0.15) is 0 Å². The molecule has 0 saturated carbocycles. The van der Waals surface area contributed by atoms with Gasteiger partial charge in [0.2, 0.25) is 0 Å². The minimum atomic E-state index is -0.765. The quantitative estimate of drug-likeness (QED) is 0.709. The molecule has 1 aliphatic heterocycles. The van der Waals surface area contributed by atoms with Crippen LogP contribution < -0.4 is 0 Å². The van der Waals surface area contributed by atoms with Crippen LogP contribution in [0.1, 0.15) is 29.3 Å². The molecule has 3 nitrogen and oxygen atoms in total. The van der Waals surface area contributed by atoms with Gasteiger partial charge in [0.25, 0.3) is 0 Å². The summed E-state index contributed by atoms with van der Waals surface area (Å²) in [5.41, 5.74) is 0.616. The Morgan fingerprint density at radius 3 is 2.73 bits per heavy atom. The van der Waals surface area contributed by atoms with Crippen LogP contribution in [0.2, 0.25) is 0 Å². The van der Waals surface area contributed by atoms with Crippen molar-refractivity contribution >= 4 is 27.4 Å². The average molecular weight is 369 g/mol. The first kappa shape index (κ1) is 17.2. The third-order valence-electron chi connectivity index (χ3n) is 5.08. The maximum atomic E-state index is 14.7. The predicted molar refractivity (Wildman–Crippen MR) is 102 cm³/mol. The molecular formula is C21H20FNO2S. The van der Waals surface area contributed by atoms with Crippen molar-refractivity contribution < 1.29 is 14.3 Å². The lowest BCUT2D eigenvalue weighted by molar-refractivity contribution is -0.143. The molecule has 2 atom stereocenters. The molecule has 1 saturated heterocycles. The van der Waals surface area contributed by atoms with Crippen molar-refractivity contribution in [3.05, 3.63) is 70.9 Å². The van der Waals surface area contributed by atoms with E-state index < -0.39 is 11.9 Å². The van der Waals surface area contributed by atoms with Crippen LogP contribution in [-0.2, 0) is 4.79 Å². The summed E-state index contributed by atoms with van der Waals surface area (Å²) in [4.78, 5) is 14.7. The molecule has 5 heteroatoms. The number of fused-ring (bicyclic) bond motifs is 1. The van der Waals surface area contributed by atoms with Gasteiger partial charge in [-0.15, -0.1) is 11.3 Å². The molecule has 0 amide bonds. The zero-order valence-electron chi connectivity index (χ0n) is 14.3. The Morgan fingerprint density at radius 1 is 1.19 bits per heavy atom. The molecular weight excluding hydrogens is 349 g/mol. The normalized spacial score (nSPS) is 19.5. The highest BCUT2D eigenvalue weighted by Crippen LogP contribution is 2.39. The van der Waals surface area contributed by atoms with Gasteiger partial charge in [-0.1, -0.05) is 36.4 Å². The van der Waals surface area contributed by atoms with E-state index in [9.17, 15) is 14.3 Å². The molecule has 0 spiro atoms. The molecule has 3 aromatic rings. The number of thiophene rings is 1. The van der Waals surface area contributed by atoms with E-state index in [2.05, 4.69) is 23.1 Å². The van der Waals surface area contributed by atoms with Gasteiger partial charge in [0, 0.05) is 21.7 Å². The van der Waals surface area contributed by atoms with Gasteiger partial charge >= 0.3 is 5.97 Å². The van der Waals surface area contributed by atoms with Crippen LogP contribution in [-0.4, -0.2) is 29.1 Å². The Bertz CT molecular complexity index is 905. The number of hydrogen-bond donors (Lipinski definition) is 1. The molecule has 134 valence electrons. The topological polar surface area (TPSA) is 40.5 Å². The van der Waals surface area contributed by atoms with Gasteiger partial charge < -0.3 is 5.11 Å². The minimum absolute atomic E-state index is 0.243. The lowest BCUT2D eigenvalue weighted by Gasteiger charge is -2.37. The maximum absolute atomic E-state index is 14.7. The first-order valence-corrected chi connectivity index (χ1v) is 9.65. The lowest BCUT2D eigenvalue weighted by Crippen LogP contribution is -2.41. The standard InChI is InChI=1S/C21H20FNO2S/c22-17-9-3-2-8-16(17)20(23-11-5-7-15(13-23)21(24)25)19-12-14-6-1-4-10-18(14)26-19/h1-4,6,8-10,12,15,20H,5,7,11,13H2,(H,24,25). The molecule has 0 bridgehead atoms. The molecule has 1 N–H and O–H groups in total. The second kappa shape index (κ2) is 7.17. The molecule has 4 rings (SSSR count). The second-order valence-electron chi connectivity index (χ2n) is 6.78. The van der Waals surface area contributed by atoms with Gasteiger partial charge in [0.1, 0.15) is 5.82 Å². The summed E-state index contributed by atoms with van der Waals surface area (Å²) in [6.45, 7) is 1.22. The van der Waals surface area contributed by atoms with E-state index in [0.717, 1.165) is 27.9 Å². The maximum Gasteiger partial charge on any atom is 0.307 e. The van der Waals surface area contributed by atoms with Crippen LogP contribution in [0.3, 0.4) is 0 Å². The number of carboxylic acid groups (broad SMARTS) is 1. The summed E-state index contributed by atoms with van der Waals surface area (Å²) in [6.07, 6.45) is 1.50. The number of carbonyl (C=O) groups is 1. The van der Waals surface area contributed by atoms with Crippen LogP contribution in [0.4, 0.5) is 4.39 Å². The van der Waals surface area contributed by atoms with Crippen LogP contribution in [0.25, 0.3) is 10.1 Å². The number of rotatable bonds is 4. The predicted octanol–water partition coefficient (Wildman–Crippen LogP) is 4.93. The van der Waals surface area contributed by atoms with Crippen LogP contribution in [0.5, 0.6) is 0 Å². The Balaban J connectivity index is 1.79. The average Bonchev–Trinajstić information content (AvgIpc) is 3.07. The number of aliphatic carboxylic acids is 1. The van der Waals surface area contributed by atoms with Gasteiger partial charge in [-0.25, -0.2) is 4.39 Å². The monoisotopic (exact) mass is 369 g/mol. The Kier molecular flexibility index (Phi) is 4.74. The lowest BCUT2D eigenvalue weighted by atomic mass is 9.94. The SMILES string of the molecule is O=C(O)C1CCCN(C(c2cc3ccccc3s2)c2ccccc2F)C1. The molecule has 2 unspecified atom stereocenters. The fourth-order valence-electron chi connectivity index (χ4n) is 3.81. The molecule has 0 radical (unpaired) electrons. The summed E-state index contributed by atoms with van der Waals surface area (Å²) in [7, 11) is 0. The van der Waals surface area contributed by atoms with Gasteiger partial charge in [0.15, 0.2) is 0 Å². The molecule has 0 aliphatic carbocycles. The number of halogens is 1. The Morgan fingerprint density at radius 2 is 1.96 bits per heavy atom. The van der Waals surface area contributed by atoms with Crippen LogP contribution in [0, 0.1) is 11.7 Å². The molecule has 2 heterocycles. The number of carboxylic acids is 1. The largest absolute Gasteiger partial charge is 0.481 e. The Hall–Kier alpha value is -2.24. The second-order valence-corrected chi connectivity index (χ2v) is 7.90. The molecule has 1 aromatic heterocycles. The van der Waals surface area contributed by atoms with E-state index in [1.54, 1.807) is 17.4 Å². The van der Waals surface area contributed by atoms with E-state index in [1.807, 2.05) is 24.3 Å². The van der Waals surface area contributed by atoms with Crippen molar-refractivity contribution in [2.75, 3.05) is 13.1 Å². The number of piperidine rings is 1. The van der Waals surface area contributed by atoms with E-state index in [0.29, 0.717) is 18.5 Å². The highest BCUT2D eigenvalue weighted by molar-refractivity contribution is 7.19. The number of benzene rings is 2. The fourth-order valence-corrected chi connectivity index (χ4v) is 5.03. The number of nitrogens with zero attached hydrogens (tertiary/aromatic N) is 1. The first-order valence-electron chi connectivity index (χ1n) is 8.83. The van der Waals surface area contributed by atoms with Gasteiger partial charge in [-0.05, 0) is 43.0 Å². The van der Waals surface area contributed by atoms with E-state index in [-0.39, 0.29) is 11.9 Å². The summed E-state index contributed by atoms with van der Waals surface area (Å²) >= 11 is 1.66.